The molecule has 0 spiro atoms. The van der Waals surface area contributed by atoms with E-state index in [0.717, 1.165) is 31.8 Å². The third-order valence-electron chi connectivity index (χ3n) is 3.26. The van der Waals surface area contributed by atoms with E-state index in [4.69, 9.17) is 0 Å². The number of hydrogen-bond donors (Lipinski definition) is 0. The molecule has 2 heterocycles. The van der Waals surface area contributed by atoms with Crippen molar-refractivity contribution in [2.24, 2.45) is 0 Å². The molecule has 0 atom stereocenters. The largest absolute Gasteiger partial charge is 0.328 e. The van der Waals surface area contributed by atoms with Crippen LogP contribution in [0.4, 0.5) is 0 Å². The Hall–Kier alpha value is -1.21. The number of carbonyl (C=O) groups excluding carboxylic acids is 1. The molecule has 2 aromatic heterocycles. The summed E-state index contributed by atoms with van der Waals surface area (Å²) in [7, 11) is 0. The predicted octanol–water partition coefficient (Wildman–Crippen LogP) is 4.15. The van der Waals surface area contributed by atoms with Gasteiger partial charge >= 0.3 is 0 Å². The number of benzene rings is 1. The monoisotopic (exact) mass is 396 g/mol. The minimum Gasteiger partial charge on any atom is -0.328 e. The highest BCUT2D eigenvalue weighted by atomic mass is 127. The lowest BCUT2D eigenvalue weighted by atomic mass is 10.1. The minimum absolute atomic E-state index is 0.133. The van der Waals surface area contributed by atoms with Gasteiger partial charge in [0.05, 0.1) is 20.3 Å². The number of ketones is 1. The fourth-order valence-electron chi connectivity index (χ4n) is 2.32. The molecule has 0 bridgehead atoms. The predicted molar refractivity (Wildman–Crippen MR) is 90.5 cm³/mol. The molecule has 0 amide bonds. The van der Waals surface area contributed by atoms with Crippen LogP contribution in [0, 0.1) is 2.88 Å². The smallest absolute Gasteiger partial charge is 0.171 e. The molecule has 0 unspecified atom stereocenters. The normalized spacial score (nSPS) is 11.1. The van der Waals surface area contributed by atoms with Crippen LogP contribution in [0.5, 0.6) is 0 Å². The average Bonchev–Trinajstić information content (AvgIpc) is 3.01. The molecular weight excluding hydrogens is 383 g/mol. The summed E-state index contributed by atoms with van der Waals surface area (Å²) in [6.45, 7) is 2.90. The molecule has 0 aliphatic rings. The minimum atomic E-state index is 0.133. The first-order chi connectivity index (χ1) is 9.69. The van der Waals surface area contributed by atoms with Crippen molar-refractivity contribution >= 4 is 50.7 Å². The van der Waals surface area contributed by atoms with Crippen LogP contribution in [0.15, 0.2) is 35.7 Å². The first kappa shape index (κ1) is 13.8. The standard InChI is InChI=1S/C15H13IN2OS/c1-2-18-12-6-4-3-5-11(12)17-15(18)8-13(19)10-7-14(16)20-9-10/h3-7,9H,2,8H2,1H3. The van der Waals surface area contributed by atoms with Crippen LogP contribution in [0.1, 0.15) is 23.1 Å². The van der Waals surface area contributed by atoms with Crippen molar-refractivity contribution in [1.82, 2.24) is 9.55 Å². The van der Waals surface area contributed by atoms with Crippen molar-refractivity contribution in [1.29, 1.82) is 0 Å². The molecule has 0 saturated carbocycles. The van der Waals surface area contributed by atoms with Crippen LogP contribution in [-0.2, 0) is 13.0 Å². The SMILES string of the molecule is CCn1c(CC(=O)c2csc(I)c2)nc2ccccc21. The van der Waals surface area contributed by atoms with Gasteiger partial charge in [0.15, 0.2) is 5.78 Å². The maximum atomic E-state index is 12.3. The number of para-hydroxylation sites is 2. The van der Waals surface area contributed by atoms with Gasteiger partial charge in [-0.1, -0.05) is 12.1 Å². The number of hydrogen-bond acceptors (Lipinski definition) is 3. The molecule has 3 aromatic rings. The lowest BCUT2D eigenvalue weighted by Gasteiger charge is -2.04. The van der Waals surface area contributed by atoms with Gasteiger partial charge in [-0.05, 0) is 47.7 Å². The van der Waals surface area contributed by atoms with Crippen molar-refractivity contribution in [3.63, 3.8) is 0 Å². The number of rotatable bonds is 4. The lowest BCUT2D eigenvalue weighted by molar-refractivity contribution is 0.0990. The molecule has 0 aliphatic carbocycles. The maximum absolute atomic E-state index is 12.3. The zero-order valence-corrected chi connectivity index (χ0v) is 13.9. The van der Waals surface area contributed by atoms with Crippen LogP contribution < -0.4 is 0 Å². The van der Waals surface area contributed by atoms with Gasteiger partial charge in [0, 0.05) is 17.5 Å². The Labute approximate surface area is 134 Å². The summed E-state index contributed by atoms with van der Waals surface area (Å²) in [5.74, 6) is 0.981. The van der Waals surface area contributed by atoms with Crippen LogP contribution >= 0.6 is 33.9 Å². The van der Waals surface area contributed by atoms with Gasteiger partial charge in [0.1, 0.15) is 5.82 Å². The van der Waals surface area contributed by atoms with Crippen molar-refractivity contribution in [2.45, 2.75) is 19.9 Å². The number of Topliss-reactive ketones (excluding diaryl/α,β-unsaturated/α-hetero) is 1. The van der Waals surface area contributed by atoms with Crippen LogP contribution in [0.2, 0.25) is 0 Å². The second-order valence-corrected chi connectivity index (χ2v) is 7.31. The highest BCUT2D eigenvalue weighted by molar-refractivity contribution is 14.1. The highest BCUT2D eigenvalue weighted by Crippen LogP contribution is 2.20. The third-order valence-corrected chi connectivity index (χ3v) is 5.05. The first-order valence-electron chi connectivity index (χ1n) is 6.40. The van der Waals surface area contributed by atoms with Gasteiger partial charge in [-0.3, -0.25) is 4.79 Å². The van der Waals surface area contributed by atoms with E-state index in [-0.39, 0.29) is 5.78 Å². The van der Waals surface area contributed by atoms with Crippen molar-refractivity contribution < 1.29 is 4.79 Å². The van der Waals surface area contributed by atoms with E-state index < -0.39 is 0 Å². The summed E-state index contributed by atoms with van der Waals surface area (Å²) in [6.07, 6.45) is 0.356. The summed E-state index contributed by atoms with van der Waals surface area (Å²) in [4.78, 5) is 16.9. The molecule has 3 nitrogen and oxygen atoms in total. The zero-order valence-electron chi connectivity index (χ0n) is 11.0. The van der Waals surface area contributed by atoms with Crippen molar-refractivity contribution in [3.05, 3.63) is 50.0 Å². The van der Waals surface area contributed by atoms with Gasteiger partial charge < -0.3 is 4.57 Å². The quantitative estimate of drug-likeness (QED) is 0.491. The zero-order chi connectivity index (χ0) is 14.1. The van der Waals surface area contributed by atoms with E-state index in [2.05, 4.69) is 39.1 Å². The third kappa shape index (κ3) is 2.52. The van der Waals surface area contributed by atoms with Crippen molar-refractivity contribution in [3.8, 4) is 0 Å². The summed E-state index contributed by atoms with van der Waals surface area (Å²) < 4.78 is 3.25. The number of imidazole rings is 1. The van der Waals surface area contributed by atoms with Gasteiger partial charge in [-0.15, -0.1) is 11.3 Å². The summed E-state index contributed by atoms with van der Waals surface area (Å²) in [5, 5.41) is 1.92. The van der Waals surface area contributed by atoms with E-state index in [9.17, 15) is 4.79 Å². The number of aryl methyl sites for hydroxylation is 1. The van der Waals surface area contributed by atoms with E-state index in [1.807, 2.05) is 35.7 Å². The summed E-state index contributed by atoms with van der Waals surface area (Å²) in [6, 6.07) is 9.95. The van der Waals surface area contributed by atoms with Crippen molar-refractivity contribution in [2.75, 3.05) is 0 Å². The lowest BCUT2D eigenvalue weighted by Crippen LogP contribution is -2.09. The van der Waals surface area contributed by atoms with Gasteiger partial charge in [-0.25, -0.2) is 4.98 Å². The second-order valence-electron chi connectivity index (χ2n) is 4.50. The molecule has 0 N–H and O–H groups in total. The number of halogens is 1. The Balaban J connectivity index is 1.96. The highest BCUT2D eigenvalue weighted by Gasteiger charge is 2.15. The topological polar surface area (TPSA) is 34.9 Å². The maximum Gasteiger partial charge on any atom is 0.171 e. The molecule has 3 rings (SSSR count). The Morgan fingerprint density at radius 1 is 1.40 bits per heavy atom. The van der Waals surface area contributed by atoms with Gasteiger partial charge in [0.25, 0.3) is 0 Å². The van der Waals surface area contributed by atoms with Crippen LogP contribution in [0.3, 0.4) is 0 Å². The Morgan fingerprint density at radius 3 is 2.90 bits per heavy atom. The van der Waals surface area contributed by atoms with E-state index in [0.29, 0.717) is 6.42 Å². The Morgan fingerprint density at radius 2 is 2.20 bits per heavy atom. The summed E-state index contributed by atoms with van der Waals surface area (Å²) in [5.41, 5.74) is 2.84. The van der Waals surface area contributed by atoms with E-state index >= 15 is 0 Å². The number of thiophene rings is 1. The Bertz CT molecular complexity index is 775. The average molecular weight is 396 g/mol. The fraction of sp³-hybridized carbons (Fsp3) is 0.200. The molecule has 102 valence electrons. The molecular formula is C15H13IN2OS. The molecule has 0 fully saturated rings. The molecule has 0 aliphatic heterocycles. The van der Waals surface area contributed by atoms with Gasteiger partial charge in [-0.2, -0.15) is 0 Å². The molecule has 20 heavy (non-hydrogen) atoms. The molecule has 1 aromatic carbocycles. The molecule has 5 heteroatoms. The van der Waals surface area contributed by atoms with E-state index in [1.54, 1.807) is 11.3 Å². The Kier molecular flexibility index (Phi) is 3.89. The van der Waals surface area contributed by atoms with Crippen LogP contribution in [0.25, 0.3) is 11.0 Å². The second kappa shape index (κ2) is 5.65. The molecule has 0 saturated heterocycles. The van der Waals surface area contributed by atoms with Gasteiger partial charge in [0.2, 0.25) is 0 Å². The fourth-order valence-corrected chi connectivity index (χ4v) is 3.67. The summed E-state index contributed by atoms with van der Waals surface area (Å²) >= 11 is 3.83. The number of carbonyl (C=O) groups is 1. The first-order valence-corrected chi connectivity index (χ1v) is 8.36. The van der Waals surface area contributed by atoms with Crippen LogP contribution in [-0.4, -0.2) is 15.3 Å². The number of aromatic nitrogens is 2. The number of fused-ring (bicyclic) bond motifs is 1. The van der Waals surface area contributed by atoms with E-state index in [1.165, 1.54) is 0 Å². The number of nitrogens with zero attached hydrogens (tertiary/aromatic N) is 2. The molecule has 0 radical (unpaired) electrons.